The minimum atomic E-state index is -0.706. The van der Waals surface area contributed by atoms with Gasteiger partial charge in [0, 0.05) is 23.8 Å². The number of aryl methyl sites for hydroxylation is 5. The van der Waals surface area contributed by atoms with Gasteiger partial charge in [0.2, 0.25) is 0 Å². The smallest absolute Gasteiger partial charge is 0.303 e. The zero-order valence-electron chi connectivity index (χ0n) is 32.6. The van der Waals surface area contributed by atoms with E-state index < -0.39 is 17.4 Å². The zero-order chi connectivity index (χ0) is 38.5. The molecule has 2 N–H and O–H groups in total. The van der Waals surface area contributed by atoms with E-state index in [0.29, 0.717) is 0 Å². The number of hydrogen-bond acceptors (Lipinski definition) is 3. The van der Waals surface area contributed by atoms with Crippen LogP contribution in [0.2, 0.25) is 0 Å². The Kier molecular flexibility index (Phi) is 19.1. The third-order valence-corrected chi connectivity index (χ3v) is 10.6. The van der Waals surface area contributed by atoms with Crippen LogP contribution in [0.3, 0.4) is 0 Å². The Balaban J connectivity index is 1.43. The lowest BCUT2D eigenvalue weighted by molar-refractivity contribution is -0.138. The molecule has 0 fully saturated rings. The molecule has 0 aliphatic heterocycles. The van der Waals surface area contributed by atoms with Crippen molar-refractivity contribution in [3.63, 3.8) is 0 Å². The van der Waals surface area contributed by atoms with Gasteiger partial charge in [-0.1, -0.05) is 151 Å². The van der Waals surface area contributed by atoms with Gasteiger partial charge < -0.3 is 10.2 Å². The van der Waals surface area contributed by atoms with E-state index in [1.54, 1.807) is 0 Å². The van der Waals surface area contributed by atoms with Gasteiger partial charge >= 0.3 is 11.9 Å². The summed E-state index contributed by atoms with van der Waals surface area (Å²) >= 11 is 0. The number of unbranched alkanes of at least 4 members (excludes halogenated alkanes) is 10. The third kappa shape index (κ3) is 16.1. The average molecular weight is 721 g/mol. The first-order valence-electron chi connectivity index (χ1n) is 20.1. The maximum atomic E-state index is 13.6. The van der Waals surface area contributed by atoms with Crippen LogP contribution in [0.5, 0.6) is 0 Å². The molecule has 0 aromatic heterocycles. The molecule has 0 saturated carbocycles. The SMILES string of the molecule is C=Cc1cc(CCC(C)(C)C(=O)c2ccc(CCc3ccc(CCCCCCCCC(=O)O)cc3C=C)cc2)ccc1CCCCCCCCC(=O)O. The fourth-order valence-electron chi connectivity index (χ4n) is 7.11. The lowest BCUT2D eigenvalue weighted by atomic mass is 9.79. The molecule has 53 heavy (non-hydrogen) atoms. The van der Waals surface area contributed by atoms with Crippen molar-refractivity contribution in [2.45, 2.75) is 142 Å². The second kappa shape index (κ2) is 23.4. The second-order valence-corrected chi connectivity index (χ2v) is 15.4. The van der Waals surface area contributed by atoms with Crippen LogP contribution in [0.4, 0.5) is 0 Å². The van der Waals surface area contributed by atoms with Gasteiger partial charge in [-0.2, -0.15) is 0 Å². The van der Waals surface area contributed by atoms with E-state index >= 15 is 0 Å². The maximum absolute atomic E-state index is 13.6. The Hall–Kier alpha value is -4.25. The Morgan fingerprint density at radius 1 is 0.528 bits per heavy atom. The molecule has 0 aliphatic rings. The number of ketones is 1. The van der Waals surface area contributed by atoms with Gasteiger partial charge in [-0.3, -0.25) is 14.4 Å². The minimum absolute atomic E-state index is 0.176. The van der Waals surface area contributed by atoms with Crippen molar-refractivity contribution in [1.82, 2.24) is 0 Å². The molecule has 0 radical (unpaired) electrons. The number of benzene rings is 3. The van der Waals surface area contributed by atoms with Gasteiger partial charge in [0.15, 0.2) is 5.78 Å². The van der Waals surface area contributed by atoms with E-state index in [0.717, 1.165) is 115 Å². The number of carboxylic acids is 2. The molecule has 3 rings (SSSR count). The molecule has 0 saturated heterocycles. The summed E-state index contributed by atoms with van der Waals surface area (Å²) in [5.41, 5.74) is 9.03. The van der Waals surface area contributed by atoms with Gasteiger partial charge in [0.25, 0.3) is 0 Å². The first kappa shape index (κ1) is 43.2. The van der Waals surface area contributed by atoms with Crippen LogP contribution in [-0.2, 0) is 41.7 Å². The summed E-state index contributed by atoms with van der Waals surface area (Å²) in [4.78, 5) is 34.9. The predicted molar refractivity (Wildman–Crippen MR) is 221 cm³/mol. The van der Waals surface area contributed by atoms with E-state index in [-0.39, 0.29) is 18.6 Å². The van der Waals surface area contributed by atoms with E-state index in [4.69, 9.17) is 10.2 Å². The second-order valence-electron chi connectivity index (χ2n) is 15.4. The largest absolute Gasteiger partial charge is 0.481 e. The summed E-state index contributed by atoms with van der Waals surface area (Å²) in [6, 6.07) is 21.6. The van der Waals surface area contributed by atoms with Gasteiger partial charge in [0.05, 0.1) is 0 Å². The number of carbonyl (C=O) groups is 3. The van der Waals surface area contributed by atoms with Crippen molar-refractivity contribution in [3.8, 4) is 0 Å². The van der Waals surface area contributed by atoms with Crippen molar-refractivity contribution in [2.75, 3.05) is 0 Å². The molecule has 3 aromatic carbocycles. The van der Waals surface area contributed by atoms with Crippen molar-refractivity contribution in [2.24, 2.45) is 5.41 Å². The van der Waals surface area contributed by atoms with E-state index in [1.165, 1.54) is 45.4 Å². The normalized spacial score (nSPS) is 11.4. The first-order valence-corrected chi connectivity index (χ1v) is 20.1. The molecule has 0 unspecified atom stereocenters. The topological polar surface area (TPSA) is 91.7 Å². The van der Waals surface area contributed by atoms with E-state index in [1.807, 2.05) is 24.3 Å². The maximum Gasteiger partial charge on any atom is 0.303 e. The van der Waals surface area contributed by atoms with Crippen LogP contribution >= 0.6 is 0 Å². The van der Waals surface area contributed by atoms with Gasteiger partial charge in [-0.05, 0) is 103 Å². The molecule has 0 aliphatic carbocycles. The summed E-state index contributed by atoms with van der Waals surface area (Å²) in [7, 11) is 0. The van der Waals surface area contributed by atoms with Crippen LogP contribution in [0.1, 0.15) is 159 Å². The Labute approximate surface area is 319 Å². The van der Waals surface area contributed by atoms with Crippen LogP contribution in [-0.4, -0.2) is 27.9 Å². The summed E-state index contributed by atoms with van der Waals surface area (Å²) in [6.07, 6.45) is 22.5. The van der Waals surface area contributed by atoms with Crippen LogP contribution < -0.4 is 0 Å². The van der Waals surface area contributed by atoms with E-state index in [2.05, 4.69) is 75.5 Å². The lowest BCUT2D eigenvalue weighted by Crippen LogP contribution is -2.25. The quantitative estimate of drug-likeness (QED) is 0.0575. The molecular formula is C48H64O5. The monoisotopic (exact) mass is 720 g/mol. The highest BCUT2D eigenvalue weighted by atomic mass is 16.4. The highest BCUT2D eigenvalue weighted by Gasteiger charge is 2.28. The number of aliphatic carboxylic acids is 2. The summed E-state index contributed by atoms with van der Waals surface area (Å²) in [5.74, 6) is -1.23. The van der Waals surface area contributed by atoms with Crippen molar-refractivity contribution < 1.29 is 24.6 Å². The van der Waals surface area contributed by atoms with Gasteiger partial charge in [-0.15, -0.1) is 0 Å². The fraction of sp³-hybridized carbons (Fsp3) is 0.479. The Morgan fingerprint density at radius 2 is 0.962 bits per heavy atom. The van der Waals surface area contributed by atoms with E-state index in [9.17, 15) is 14.4 Å². The number of carbonyl (C=O) groups excluding carboxylic acids is 1. The standard InChI is InChI=1S/C48H64O5/c1-5-40-36-39(27-29-42(40)20-16-12-8-10-14-18-22-46(51)52)33-34-48(3,4)47(53)44-31-24-37(25-32-44)23-28-43-30-26-38(35-41(43)6-2)19-15-11-7-9-13-17-21-45(49)50/h5-6,24-27,29-32,35-36H,1-2,7-23,28,33-34H2,3-4H3,(H,49,50)(H,51,52). The third-order valence-electron chi connectivity index (χ3n) is 10.6. The number of carboxylic acid groups (broad SMARTS) is 2. The van der Waals surface area contributed by atoms with Gasteiger partial charge in [-0.25, -0.2) is 0 Å². The fourth-order valence-corrected chi connectivity index (χ4v) is 7.11. The predicted octanol–water partition coefficient (Wildman–Crippen LogP) is 12.3. The number of hydrogen-bond donors (Lipinski definition) is 2. The zero-order valence-corrected chi connectivity index (χ0v) is 32.6. The molecule has 3 aromatic rings. The summed E-state index contributed by atoms with van der Waals surface area (Å²) in [6.45, 7) is 12.2. The molecule has 5 heteroatoms. The average Bonchev–Trinajstić information content (AvgIpc) is 3.15. The molecule has 0 bridgehead atoms. The molecule has 0 spiro atoms. The number of Topliss-reactive ketones (excluding diaryl/α,β-unsaturated/α-hetero) is 1. The molecule has 0 heterocycles. The molecule has 0 amide bonds. The van der Waals surface area contributed by atoms with Crippen molar-refractivity contribution in [1.29, 1.82) is 0 Å². The molecular weight excluding hydrogens is 657 g/mol. The number of rotatable bonds is 28. The highest BCUT2D eigenvalue weighted by molar-refractivity contribution is 6.00. The van der Waals surface area contributed by atoms with Crippen LogP contribution in [0.25, 0.3) is 12.2 Å². The van der Waals surface area contributed by atoms with Crippen LogP contribution in [0.15, 0.2) is 73.8 Å². The Bertz CT molecular complexity index is 1610. The lowest BCUT2D eigenvalue weighted by Gasteiger charge is -2.23. The summed E-state index contributed by atoms with van der Waals surface area (Å²) in [5, 5.41) is 17.5. The molecule has 286 valence electrons. The van der Waals surface area contributed by atoms with Gasteiger partial charge in [0.1, 0.15) is 0 Å². The molecule has 0 atom stereocenters. The Morgan fingerprint density at radius 3 is 1.47 bits per heavy atom. The summed E-state index contributed by atoms with van der Waals surface area (Å²) < 4.78 is 0. The molecule has 5 nitrogen and oxygen atoms in total. The first-order chi connectivity index (χ1) is 25.5. The van der Waals surface area contributed by atoms with Crippen LogP contribution in [0, 0.1) is 5.41 Å². The minimum Gasteiger partial charge on any atom is -0.481 e. The van der Waals surface area contributed by atoms with Crippen molar-refractivity contribution >= 4 is 29.9 Å². The van der Waals surface area contributed by atoms with Crippen molar-refractivity contribution in [3.05, 3.63) is 118 Å². The highest BCUT2D eigenvalue weighted by Crippen LogP contribution is 2.29.